The first-order valence-corrected chi connectivity index (χ1v) is 6.60. The van der Waals surface area contributed by atoms with Crippen LogP contribution in [0.2, 0.25) is 0 Å². The number of hydrogen-bond acceptors (Lipinski definition) is 3. The van der Waals surface area contributed by atoms with Gasteiger partial charge in [0, 0.05) is 24.4 Å². The van der Waals surface area contributed by atoms with Crippen LogP contribution in [0.25, 0.3) is 0 Å². The van der Waals surface area contributed by atoms with Gasteiger partial charge >= 0.3 is 5.97 Å². The minimum atomic E-state index is -1.73. The van der Waals surface area contributed by atoms with Crippen LogP contribution in [0.5, 0.6) is 0 Å². The molecule has 3 nitrogen and oxygen atoms in total. The van der Waals surface area contributed by atoms with Gasteiger partial charge in [0.15, 0.2) is 6.10 Å². The van der Waals surface area contributed by atoms with E-state index in [1.165, 1.54) is 6.20 Å². The first-order valence-electron chi connectivity index (χ1n) is 5.47. The molecule has 1 heterocycles. The van der Waals surface area contributed by atoms with Gasteiger partial charge in [0.1, 0.15) is 0 Å². The maximum atomic E-state index is 11.7. The van der Waals surface area contributed by atoms with Gasteiger partial charge in [0.05, 0.1) is 0 Å². The van der Waals surface area contributed by atoms with Gasteiger partial charge in [-0.15, -0.1) is 0 Å². The van der Waals surface area contributed by atoms with Crippen molar-refractivity contribution in [3.8, 4) is 0 Å². The molecule has 0 aliphatic heterocycles. The maximum absolute atomic E-state index is 11.7. The van der Waals surface area contributed by atoms with E-state index in [-0.39, 0.29) is 12.3 Å². The second-order valence-corrected chi connectivity index (χ2v) is 6.66. The number of rotatable bonds is 4. The lowest BCUT2D eigenvalue weighted by molar-refractivity contribution is -0.150. The van der Waals surface area contributed by atoms with Gasteiger partial charge in [-0.2, -0.15) is 0 Å². The Morgan fingerprint density at radius 3 is 2.56 bits per heavy atom. The topological polar surface area (TPSA) is 39.2 Å². The summed E-state index contributed by atoms with van der Waals surface area (Å²) >= 11 is 17.5. The van der Waals surface area contributed by atoms with Crippen molar-refractivity contribution in [2.75, 3.05) is 0 Å². The summed E-state index contributed by atoms with van der Waals surface area (Å²) < 4.78 is 3.51. The van der Waals surface area contributed by atoms with Crippen LogP contribution in [-0.4, -0.2) is 14.7 Å². The van der Waals surface area contributed by atoms with Crippen molar-refractivity contribution in [2.45, 2.75) is 30.2 Å². The van der Waals surface area contributed by atoms with Crippen molar-refractivity contribution >= 4 is 40.8 Å². The summed E-state index contributed by atoms with van der Waals surface area (Å²) in [5.41, 5.74) is 0.551. The normalized spacial score (nSPS) is 13.4. The molecule has 0 saturated heterocycles. The molecule has 1 aromatic rings. The number of hydrogen-bond donors (Lipinski definition) is 0. The molecule has 1 rings (SSSR count). The molecule has 6 heteroatoms. The number of halogens is 3. The fourth-order valence-electron chi connectivity index (χ4n) is 1.37. The lowest BCUT2D eigenvalue weighted by Crippen LogP contribution is -2.24. The number of pyridine rings is 1. The number of carbonyl (C=O) groups excluding carboxylic acids is 1. The zero-order chi connectivity index (χ0) is 13.8. The highest BCUT2D eigenvalue weighted by Gasteiger charge is 2.37. The van der Waals surface area contributed by atoms with E-state index in [1.807, 2.05) is 13.8 Å². The zero-order valence-electron chi connectivity index (χ0n) is 10.1. The standard InChI is InChI=1S/C12H14Cl3NO2/c1-8(2)6-10(17)18-11(12(13,14)15)9-4-3-5-16-7-9/h3-5,7-8,11H,6H2,1-2H3. The van der Waals surface area contributed by atoms with Crippen molar-refractivity contribution in [1.82, 2.24) is 4.98 Å². The third-order valence-electron chi connectivity index (χ3n) is 2.11. The molecule has 0 saturated carbocycles. The summed E-state index contributed by atoms with van der Waals surface area (Å²) in [6, 6.07) is 3.39. The van der Waals surface area contributed by atoms with Gasteiger partial charge in [0.2, 0.25) is 3.79 Å². The summed E-state index contributed by atoms with van der Waals surface area (Å²) in [5.74, 6) is -0.215. The van der Waals surface area contributed by atoms with Crippen LogP contribution < -0.4 is 0 Å². The molecule has 0 N–H and O–H groups in total. The quantitative estimate of drug-likeness (QED) is 0.621. The molecule has 100 valence electrons. The average Bonchev–Trinajstić information content (AvgIpc) is 2.24. The van der Waals surface area contributed by atoms with Crippen LogP contribution in [-0.2, 0) is 9.53 Å². The lowest BCUT2D eigenvalue weighted by Gasteiger charge is -2.24. The summed E-state index contributed by atoms with van der Waals surface area (Å²) in [7, 11) is 0. The van der Waals surface area contributed by atoms with Crippen LogP contribution in [0.4, 0.5) is 0 Å². The summed E-state index contributed by atoms with van der Waals surface area (Å²) in [5, 5.41) is 0. The van der Waals surface area contributed by atoms with Crippen molar-refractivity contribution in [2.24, 2.45) is 5.92 Å². The molecule has 0 aromatic carbocycles. The van der Waals surface area contributed by atoms with E-state index in [0.717, 1.165) is 0 Å². The smallest absolute Gasteiger partial charge is 0.306 e. The highest BCUT2D eigenvalue weighted by Crippen LogP contribution is 2.42. The number of carbonyl (C=O) groups is 1. The minimum Gasteiger partial charge on any atom is -0.453 e. The van der Waals surface area contributed by atoms with E-state index in [9.17, 15) is 4.79 Å². The first-order chi connectivity index (χ1) is 8.30. The Balaban J connectivity index is 2.85. The van der Waals surface area contributed by atoms with Crippen LogP contribution in [0, 0.1) is 5.92 Å². The summed E-state index contributed by atoms with van der Waals surface area (Å²) in [6.07, 6.45) is 2.42. The van der Waals surface area contributed by atoms with E-state index in [4.69, 9.17) is 39.5 Å². The SMILES string of the molecule is CC(C)CC(=O)OC(c1cccnc1)C(Cl)(Cl)Cl. The number of nitrogens with zero attached hydrogens (tertiary/aromatic N) is 1. The molecule has 1 atom stereocenters. The third kappa shape index (κ3) is 5.01. The van der Waals surface area contributed by atoms with Crippen LogP contribution in [0.15, 0.2) is 24.5 Å². The fourth-order valence-corrected chi connectivity index (χ4v) is 1.88. The van der Waals surface area contributed by atoms with E-state index in [2.05, 4.69) is 4.98 Å². The van der Waals surface area contributed by atoms with Crippen molar-refractivity contribution < 1.29 is 9.53 Å². The Bertz CT molecular complexity index is 390. The number of alkyl halides is 3. The number of ether oxygens (including phenoxy) is 1. The van der Waals surface area contributed by atoms with Gasteiger partial charge in [0.25, 0.3) is 0 Å². The Kier molecular flexibility index (Phi) is 5.70. The van der Waals surface area contributed by atoms with Gasteiger partial charge in [-0.1, -0.05) is 54.7 Å². The monoisotopic (exact) mass is 309 g/mol. The van der Waals surface area contributed by atoms with Gasteiger partial charge < -0.3 is 4.74 Å². The molecule has 0 aliphatic carbocycles. The van der Waals surface area contributed by atoms with Gasteiger partial charge in [-0.3, -0.25) is 9.78 Å². The summed E-state index contributed by atoms with van der Waals surface area (Å²) in [4.78, 5) is 15.6. The number of esters is 1. The highest BCUT2D eigenvalue weighted by atomic mass is 35.6. The molecule has 1 unspecified atom stereocenters. The molecule has 0 radical (unpaired) electrons. The maximum Gasteiger partial charge on any atom is 0.306 e. The first kappa shape index (κ1) is 15.5. The van der Waals surface area contributed by atoms with E-state index in [1.54, 1.807) is 18.3 Å². The Morgan fingerprint density at radius 2 is 2.11 bits per heavy atom. The molecule has 0 bridgehead atoms. The van der Waals surface area contributed by atoms with Crippen molar-refractivity contribution in [3.63, 3.8) is 0 Å². The minimum absolute atomic E-state index is 0.183. The van der Waals surface area contributed by atoms with E-state index in [0.29, 0.717) is 5.56 Å². The van der Waals surface area contributed by atoms with Crippen LogP contribution in [0.1, 0.15) is 31.9 Å². The van der Waals surface area contributed by atoms with E-state index >= 15 is 0 Å². The van der Waals surface area contributed by atoms with Crippen LogP contribution in [0.3, 0.4) is 0 Å². The Labute approximate surface area is 121 Å². The van der Waals surface area contributed by atoms with Gasteiger partial charge in [-0.05, 0) is 12.0 Å². The Morgan fingerprint density at radius 1 is 1.44 bits per heavy atom. The second kappa shape index (κ2) is 6.60. The highest BCUT2D eigenvalue weighted by molar-refractivity contribution is 6.68. The number of aromatic nitrogens is 1. The molecule has 0 fully saturated rings. The average molecular weight is 311 g/mol. The van der Waals surface area contributed by atoms with Crippen LogP contribution >= 0.6 is 34.8 Å². The fraction of sp³-hybridized carbons (Fsp3) is 0.500. The molecular formula is C12H14Cl3NO2. The van der Waals surface area contributed by atoms with Crippen molar-refractivity contribution in [3.05, 3.63) is 30.1 Å². The molecule has 18 heavy (non-hydrogen) atoms. The molecule has 0 amide bonds. The summed E-state index contributed by atoms with van der Waals surface area (Å²) in [6.45, 7) is 3.82. The predicted octanol–water partition coefficient (Wildman–Crippen LogP) is 4.08. The van der Waals surface area contributed by atoms with Crippen molar-refractivity contribution in [1.29, 1.82) is 0 Å². The molecule has 1 aromatic heterocycles. The zero-order valence-corrected chi connectivity index (χ0v) is 12.3. The second-order valence-electron chi connectivity index (χ2n) is 4.30. The lowest BCUT2D eigenvalue weighted by atomic mass is 10.1. The molecular weight excluding hydrogens is 296 g/mol. The largest absolute Gasteiger partial charge is 0.453 e. The molecule has 0 aliphatic rings. The Hall–Kier alpha value is -0.510. The predicted molar refractivity (Wildman–Crippen MR) is 72.8 cm³/mol. The molecule has 0 spiro atoms. The van der Waals surface area contributed by atoms with Gasteiger partial charge in [-0.25, -0.2) is 0 Å². The van der Waals surface area contributed by atoms with E-state index < -0.39 is 15.9 Å². The third-order valence-corrected chi connectivity index (χ3v) is 2.70.